The standard InChI is InChI=1S/C13H13F3O2/c1-12(2,17)6-8-7-18-11-4-3-9(5-10(8)11)13(14,15)16/h3-5,7,17H,6H2,1-2H3. The SMILES string of the molecule is CC(C)(O)Cc1coc2ccc(C(F)(F)F)cc12. The Morgan fingerprint density at radius 1 is 1.22 bits per heavy atom. The van der Waals surface area contributed by atoms with Crippen LogP contribution in [0.5, 0.6) is 0 Å². The van der Waals surface area contributed by atoms with Crippen molar-refractivity contribution >= 4 is 11.0 Å². The molecule has 0 bridgehead atoms. The zero-order chi connectivity index (χ0) is 13.6. The van der Waals surface area contributed by atoms with Crippen molar-refractivity contribution in [1.29, 1.82) is 0 Å². The van der Waals surface area contributed by atoms with Gasteiger partial charge < -0.3 is 9.52 Å². The predicted molar refractivity (Wildman–Crippen MR) is 61.2 cm³/mol. The Kier molecular flexibility index (Phi) is 2.89. The highest BCUT2D eigenvalue weighted by molar-refractivity contribution is 5.82. The van der Waals surface area contributed by atoms with Crippen LogP contribution in [0.15, 0.2) is 28.9 Å². The fraction of sp³-hybridized carbons (Fsp3) is 0.385. The number of alkyl halides is 3. The highest BCUT2D eigenvalue weighted by Gasteiger charge is 2.31. The third kappa shape index (κ3) is 2.67. The van der Waals surface area contributed by atoms with E-state index >= 15 is 0 Å². The minimum Gasteiger partial charge on any atom is -0.464 e. The zero-order valence-electron chi connectivity index (χ0n) is 10.0. The summed E-state index contributed by atoms with van der Waals surface area (Å²) in [5, 5.41) is 10.1. The smallest absolute Gasteiger partial charge is 0.416 e. The first-order chi connectivity index (χ1) is 8.17. The number of furan rings is 1. The Labute approximate surface area is 102 Å². The molecule has 2 rings (SSSR count). The Hall–Kier alpha value is -1.49. The third-order valence-corrected chi connectivity index (χ3v) is 2.60. The topological polar surface area (TPSA) is 33.4 Å². The van der Waals surface area contributed by atoms with Gasteiger partial charge >= 0.3 is 6.18 Å². The van der Waals surface area contributed by atoms with Crippen LogP contribution in [0.4, 0.5) is 13.2 Å². The second-order valence-corrected chi connectivity index (χ2v) is 4.96. The van der Waals surface area contributed by atoms with Gasteiger partial charge in [0.15, 0.2) is 0 Å². The van der Waals surface area contributed by atoms with Gasteiger partial charge in [0.1, 0.15) is 5.58 Å². The van der Waals surface area contributed by atoms with Crippen LogP contribution in [0.25, 0.3) is 11.0 Å². The average molecular weight is 258 g/mol. The van der Waals surface area contributed by atoms with Crippen LogP contribution in [0, 0.1) is 0 Å². The van der Waals surface area contributed by atoms with Crippen molar-refractivity contribution in [1.82, 2.24) is 0 Å². The lowest BCUT2D eigenvalue weighted by atomic mass is 9.97. The molecule has 2 aromatic rings. The van der Waals surface area contributed by atoms with Crippen molar-refractivity contribution in [2.75, 3.05) is 0 Å². The molecule has 0 radical (unpaired) electrons. The predicted octanol–water partition coefficient (Wildman–Crippen LogP) is 3.77. The maximum atomic E-state index is 12.6. The molecule has 0 fully saturated rings. The van der Waals surface area contributed by atoms with Crippen LogP contribution in [-0.2, 0) is 12.6 Å². The van der Waals surface area contributed by atoms with Crippen molar-refractivity contribution < 1.29 is 22.7 Å². The van der Waals surface area contributed by atoms with Crippen LogP contribution in [0.2, 0.25) is 0 Å². The van der Waals surface area contributed by atoms with Crippen molar-refractivity contribution in [3.63, 3.8) is 0 Å². The monoisotopic (exact) mass is 258 g/mol. The maximum Gasteiger partial charge on any atom is 0.416 e. The fourth-order valence-corrected chi connectivity index (χ4v) is 1.86. The molecule has 0 spiro atoms. The number of halogens is 3. The molecule has 0 saturated heterocycles. The lowest BCUT2D eigenvalue weighted by Crippen LogP contribution is -2.21. The number of hydrogen-bond acceptors (Lipinski definition) is 2. The van der Waals surface area contributed by atoms with E-state index in [0.29, 0.717) is 16.5 Å². The van der Waals surface area contributed by atoms with Gasteiger partial charge in [0.2, 0.25) is 0 Å². The van der Waals surface area contributed by atoms with Crippen LogP contribution >= 0.6 is 0 Å². The van der Waals surface area contributed by atoms with Crippen LogP contribution in [0.3, 0.4) is 0 Å². The lowest BCUT2D eigenvalue weighted by Gasteiger charge is -2.15. The van der Waals surface area contributed by atoms with E-state index in [2.05, 4.69) is 0 Å². The summed E-state index contributed by atoms with van der Waals surface area (Å²) in [6.45, 7) is 3.19. The summed E-state index contributed by atoms with van der Waals surface area (Å²) in [6.07, 6.45) is -2.75. The van der Waals surface area contributed by atoms with Gasteiger partial charge in [-0.05, 0) is 32.0 Å². The summed E-state index contributed by atoms with van der Waals surface area (Å²) in [6, 6.07) is 3.34. The molecule has 0 unspecified atom stereocenters. The average Bonchev–Trinajstić information content (AvgIpc) is 2.57. The van der Waals surface area contributed by atoms with Crippen molar-refractivity contribution in [2.24, 2.45) is 0 Å². The summed E-state index contributed by atoms with van der Waals surface area (Å²) in [4.78, 5) is 0. The molecule has 0 saturated carbocycles. The Bertz CT molecular complexity index is 562. The van der Waals surface area contributed by atoms with Gasteiger partial charge in [0.25, 0.3) is 0 Å². The maximum absolute atomic E-state index is 12.6. The Balaban J connectivity index is 2.50. The minimum absolute atomic E-state index is 0.237. The molecule has 98 valence electrons. The van der Waals surface area contributed by atoms with Gasteiger partial charge in [-0.15, -0.1) is 0 Å². The van der Waals surface area contributed by atoms with E-state index in [1.807, 2.05) is 0 Å². The van der Waals surface area contributed by atoms with E-state index in [-0.39, 0.29) is 6.42 Å². The van der Waals surface area contributed by atoms with E-state index in [1.54, 1.807) is 13.8 Å². The number of aliphatic hydroxyl groups is 1. The van der Waals surface area contributed by atoms with Crippen molar-refractivity contribution in [2.45, 2.75) is 32.0 Å². The van der Waals surface area contributed by atoms with E-state index in [1.165, 1.54) is 12.3 Å². The number of hydrogen-bond donors (Lipinski definition) is 1. The first kappa shape index (κ1) is 13.0. The van der Waals surface area contributed by atoms with E-state index in [0.717, 1.165) is 12.1 Å². The molecule has 2 nitrogen and oxygen atoms in total. The largest absolute Gasteiger partial charge is 0.464 e. The summed E-state index contributed by atoms with van der Waals surface area (Å²) < 4.78 is 43.0. The normalized spacial score (nSPS) is 13.2. The molecule has 1 N–H and O–H groups in total. The summed E-state index contributed by atoms with van der Waals surface area (Å²) in [5.74, 6) is 0. The van der Waals surface area contributed by atoms with Gasteiger partial charge in [-0.3, -0.25) is 0 Å². The number of rotatable bonds is 2. The zero-order valence-corrected chi connectivity index (χ0v) is 10.0. The van der Waals surface area contributed by atoms with Crippen LogP contribution in [-0.4, -0.2) is 10.7 Å². The van der Waals surface area contributed by atoms with Crippen molar-refractivity contribution in [3.05, 3.63) is 35.6 Å². The van der Waals surface area contributed by atoms with Gasteiger partial charge in [0.05, 0.1) is 17.4 Å². The molecular formula is C13H13F3O2. The molecule has 1 aromatic heterocycles. The quantitative estimate of drug-likeness (QED) is 0.889. The molecule has 0 atom stereocenters. The summed E-state index contributed by atoms with van der Waals surface area (Å²) in [7, 11) is 0. The summed E-state index contributed by atoms with van der Waals surface area (Å²) in [5.41, 5.74) is -0.746. The molecule has 1 aromatic carbocycles. The minimum atomic E-state index is -4.38. The molecular weight excluding hydrogens is 245 g/mol. The van der Waals surface area contributed by atoms with E-state index in [9.17, 15) is 18.3 Å². The second-order valence-electron chi connectivity index (χ2n) is 4.96. The van der Waals surface area contributed by atoms with E-state index < -0.39 is 17.3 Å². The third-order valence-electron chi connectivity index (χ3n) is 2.60. The van der Waals surface area contributed by atoms with Crippen LogP contribution < -0.4 is 0 Å². The molecule has 0 amide bonds. The molecule has 0 aliphatic rings. The highest BCUT2D eigenvalue weighted by Crippen LogP contribution is 2.33. The molecule has 0 aliphatic heterocycles. The van der Waals surface area contributed by atoms with E-state index in [4.69, 9.17) is 4.42 Å². The van der Waals surface area contributed by atoms with Gasteiger partial charge in [0, 0.05) is 17.4 Å². The Morgan fingerprint density at radius 2 is 1.89 bits per heavy atom. The first-order valence-corrected chi connectivity index (χ1v) is 5.46. The lowest BCUT2D eigenvalue weighted by molar-refractivity contribution is -0.137. The molecule has 1 heterocycles. The highest BCUT2D eigenvalue weighted by atomic mass is 19.4. The molecule has 5 heteroatoms. The second kappa shape index (κ2) is 4.02. The summed E-state index contributed by atoms with van der Waals surface area (Å²) >= 11 is 0. The number of fused-ring (bicyclic) bond motifs is 1. The van der Waals surface area contributed by atoms with Crippen molar-refractivity contribution in [3.8, 4) is 0 Å². The fourth-order valence-electron chi connectivity index (χ4n) is 1.86. The number of benzene rings is 1. The van der Waals surface area contributed by atoms with Gasteiger partial charge in [-0.1, -0.05) is 0 Å². The van der Waals surface area contributed by atoms with Gasteiger partial charge in [-0.2, -0.15) is 13.2 Å². The molecule has 18 heavy (non-hydrogen) atoms. The van der Waals surface area contributed by atoms with Gasteiger partial charge in [-0.25, -0.2) is 0 Å². The first-order valence-electron chi connectivity index (χ1n) is 5.46. The Morgan fingerprint density at radius 3 is 2.44 bits per heavy atom. The van der Waals surface area contributed by atoms with Crippen LogP contribution in [0.1, 0.15) is 25.0 Å². The molecule has 0 aliphatic carbocycles.